The molecular weight excluding hydrogens is 334 g/mol. The van der Waals surface area contributed by atoms with Gasteiger partial charge in [0.1, 0.15) is 25.8 Å². The van der Waals surface area contributed by atoms with Crippen molar-refractivity contribution >= 4 is 30.2 Å². The first-order valence-electron chi connectivity index (χ1n) is 8.31. The smallest absolute Gasteiger partial charge is 0.310 e. The van der Waals surface area contributed by atoms with Gasteiger partial charge in [-0.3, -0.25) is 4.79 Å². The highest BCUT2D eigenvalue weighted by Gasteiger charge is 2.12. The van der Waals surface area contributed by atoms with Crippen molar-refractivity contribution in [2.24, 2.45) is 0 Å². The molecule has 1 aromatic heterocycles. The monoisotopic (exact) mass is 352 g/mol. The van der Waals surface area contributed by atoms with Gasteiger partial charge >= 0.3 is 5.97 Å². The number of ether oxygens (including phenoxy) is 2. The quantitative estimate of drug-likeness (QED) is 0.504. The fraction of sp³-hybridized carbons (Fsp3) is 0.250. The van der Waals surface area contributed by atoms with Crippen molar-refractivity contribution < 1.29 is 23.1 Å². The van der Waals surface area contributed by atoms with Gasteiger partial charge in [-0.2, -0.15) is 4.39 Å². The van der Waals surface area contributed by atoms with E-state index in [1.807, 2.05) is 25.1 Å². The van der Waals surface area contributed by atoms with Crippen LogP contribution in [0.25, 0.3) is 11.0 Å². The first-order valence-corrected chi connectivity index (χ1v) is 8.31. The fourth-order valence-corrected chi connectivity index (χ4v) is 2.77. The van der Waals surface area contributed by atoms with Gasteiger partial charge in [0, 0.05) is 17.0 Å². The van der Waals surface area contributed by atoms with Gasteiger partial charge in [0.05, 0.1) is 13.0 Å². The van der Waals surface area contributed by atoms with Crippen LogP contribution in [0.1, 0.15) is 23.6 Å². The highest BCUT2D eigenvalue weighted by Crippen LogP contribution is 2.24. The summed E-state index contributed by atoms with van der Waals surface area (Å²) in [7, 11) is 5.92. The van der Waals surface area contributed by atoms with Crippen molar-refractivity contribution in [3.63, 3.8) is 0 Å². The van der Waals surface area contributed by atoms with Crippen molar-refractivity contribution in [3.8, 4) is 5.75 Å². The number of hydrogen-bond donors (Lipinski definition) is 0. The van der Waals surface area contributed by atoms with Crippen molar-refractivity contribution in [3.05, 3.63) is 59.1 Å². The number of benzene rings is 2. The summed E-state index contributed by atoms with van der Waals surface area (Å²) in [5.74, 6) is 0.302. The molecule has 0 spiro atoms. The molecule has 0 atom stereocenters. The van der Waals surface area contributed by atoms with Crippen LogP contribution in [0.15, 0.2) is 40.8 Å². The molecule has 0 saturated carbocycles. The molecule has 6 heteroatoms. The van der Waals surface area contributed by atoms with Crippen LogP contribution in [0.2, 0.25) is 0 Å². The van der Waals surface area contributed by atoms with Crippen LogP contribution in [0, 0.1) is 12.9 Å². The maximum atomic E-state index is 13.3. The normalized spacial score (nSPS) is 10.9. The van der Waals surface area contributed by atoms with Gasteiger partial charge in [-0.1, -0.05) is 23.7 Å². The third-order valence-electron chi connectivity index (χ3n) is 3.93. The molecule has 1 heterocycles. The lowest BCUT2D eigenvalue weighted by Gasteiger charge is -2.13. The summed E-state index contributed by atoms with van der Waals surface area (Å²) < 4.78 is 29.1. The minimum atomic E-state index is -0.680. The number of hydrogen-bond acceptors (Lipinski definition) is 4. The van der Waals surface area contributed by atoms with Gasteiger partial charge in [0.2, 0.25) is 0 Å². The molecule has 0 fully saturated rings. The largest absolute Gasteiger partial charge is 0.489 e. The predicted molar refractivity (Wildman–Crippen MR) is 97.4 cm³/mol. The zero-order valence-electron chi connectivity index (χ0n) is 14.7. The molecule has 2 radical (unpaired) electrons. The van der Waals surface area contributed by atoms with E-state index in [-0.39, 0.29) is 19.0 Å². The summed E-state index contributed by atoms with van der Waals surface area (Å²) in [6.45, 7) is 4.27. The number of esters is 1. The van der Waals surface area contributed by atoms with E-state index < -0.39 is 6.01 Å². The Balaban J connectivity index is 1.80. The second kappa shape index (κ2) is 7.64. The molecule has 132 valence electrons. The summed E-state index contributed by atoms with van der Waals surface area (Å²) in [6.07, 6.45) is 0.136. The Kier molecular flexibility index (Phi) is 5.31. The van der Waals surface area contributed by atoms with E-state index in [1.54, 1.807) is 19.1 Å². The van der Waals surface area contributed by atoms with E-state index in [9.17, 15) is 9.18 Å². The highest BCUT2D eigenvalue weighted by atomic mass is 19.1. The van der Waals surface area contributed by atoms with Crippen molar-refractivity contribution in [1.82, 2.24) is 0 Å². The minimum Gasteiger partial charge on any atom is -0.489 e. The predicted octanol–water partition coefficient (Wildman–Crippen LogP) is 3.36. The average molecular weight is 352 g/mol. The molecule has 0 aliphatic carbocycles. The van der Waals surface area contributed by atoms with Gasteiger partial charge < -0.3 is 13.9 Å². The summed E-state index contributed by atoms with van der Waals surface area (Å²) in [4.78, 5) is 11.8. The fourth-order valence-electron chi connectivity index (χ4n) is 2.77. The number of rotatable bonds is 6. The van der Waals surface area contributed by atoms with Crippen LogP contribution in [-0.2, 0) is 22.6 Å². The van der Waals surface area contributed by atoms with Crippen LogP contribution in [0.3, 0.4) is 0 Å². The molecule has 4 nitrogen and oxygen atoms in total. The Labute approximate surface area is 152 Å². The number of fused-ring (bicyclic) bond motifs is 1. The van der Waals surface area contributed by atoms with Gasteiger partial charge in [-0.05, 0) is 37.1 Å². The van der Waals surface area contributed by atoms with E-state index in [0.29, 0.717) is 28.8 Å². The molecule has 3 rings (SSSR count). The van der Waals surface area contributed by atoms with Gasteiger partial charge in [-0.15, -0.1) is 0 Å². The van der Waals surface area contributed by atoms with E-state index in [4.69, 9.17) is 21.7 Å². The maximum absolute atomic E-state index is 13.3. The standard InChI is InChI=1S/C20H18BFO4/c1-3-24-19(23)10-14-5-4-12(2)6-17(14)25-11-13-7-15-9-18(22)26-20(15)16(21)8-13/h4-9H,3,10-11H2,1-2H3. The van der Waals surface area contributed by atoms with Crippen LogP contribution >= 0.6 is 0 Å². The molecule has 0 bridgehead atoms. The Morgan fingerprint density at radius 2 is 2.04 bits per heavy atom. The minimum absolute atomic E-state index is 0.136. The van der Waals surface area contributed by atoms with Gasteiger partial charge in [-0.25, -0.2) is 0 Å². The Morgan fingerprint density at radius 1 is 1.23 bits per heavy atom. The van der Waals surface area contributed by atoms with Gasteiger partial charge in [0.15, 0.2) is 0 Å². The van der Waals surface area contributed by atoms with Gasteiger partial charge in [0.25, 0.3) is 6.01 Å². The third-order valence-corrected chi connectivity index (χ3v) is 3.93. The van der Waals surface area contributed by atoms with E-state index in [0.717, 1.165) is 16.7 Å². The molecule has 0 aliphatic rings. The number of carbonyl (C=O) groups excluding carboxylic acids is 1. The van der Waals surface area contributed by atoms with E-state index in [2.05, 4.69) is 0 Å². The average Bonchev–Trinajstić information content (AvgIpc) is 2.96. The second-order valence-electron chi connectivity index (χ2n) is 6.04. The summed E-state index contributed by atoms with van der Waals surface area (Å²) in [5.41, 5.74) is 3.21. The zero-order valence-corrected chi connectivity index (χ0v) is 14.7. The zero-order chi connectivity index (χ0) is 18.7. The Bertz CT molecular complexity index is 948. The summed E-state index contributed by atoms with van der Waals surface area (Å²) in [6, 6.07) is 9.69. The maximum Gasteiger partial charge on any atom is 0.310 e. The van der Waals surface area contributed by atoms with E-state index >= 15 is 0 Å². The number of aryl methyl sites for hydroxylation is 1. The molecule has 3 aromatic rings. The number of furan rings is 1. The summed E-state index contributed by atoms with van der Waals surface area (Å²) >= 11 is 0. The lowest BCUT2D eigenvalue weighted by Crippen LogP contribution is -2.10. The molecule has 0 aliphatic heterocycles. The van der Waals surface area contributed by atoms with Crippen LogP contribution in [0.5, 0.6) is 5.75 Å². The highest BCUT2D eigenvalue weighted by molar-refractivity contribution is 6.38. The van der Waals surface area contributed by atoms with Crippen LogP contribution < -0.4 is 10.2 Å². The van der Waals surface area contributed by atoms with Crippen molar-refractivity contribution in [2.45, 2.75) is 26.9 Å². The van der Waals surface area contributed by atoms with E-state index in [1.165, 1.54) is 6.07 Å². The lowest BCUT2D eigenvalue weighted by atomic mass is 9.92. The second-order valence-corrected chi connectivity index (χ2v) is 6.04. The first-order chi connectivity index (χ1) is 12.5. The summed E-state index contributed by atoms with van der Waals surface area (Å²) in [5, 5.41) is 0.581. The molecule has 0 saturated heterocycles. The molecule has 0 N–H and O–H groups in total. The van der Waals surface area contributed by atoms with Crippen molar-refractivity contribution in [1.29, 1.82) is 0 Å². The SMILES string of the molecule is [B]c1cc(COc2cc(C)ccc2CC(=O)OCC)cc2cc(F)oc12. The Hall–Kier alpha value is -2.76. The lowest BCUT2D eigenvalue weighted by molar-refractivity contribution is -0.142. The topological polar surface area (TPSA) is 48.7 Å². The molecule has 0 unspecified atom stereocenters. The number of carbonyl (C=O) groups is 1. The number of halogens is 1. The van der Waals surface area contributed by atoms with Crippen LogP contribution in [-0.4, -0.2) is 20.4 Å². The molecular formula is C20H18BFO4. The van der Waals surface area contributed by atoms with Crippen LogP contribution in [0.4, 0.5) is 4.39 Å². The molecule has 0 amide bonds. The Morgan fingerprint density at radius 3 is 2.81 bits per heavy atom. The molecule has 26 heavy (non-hydrogen) atoms. The third kappa shape index (κ3) is 4.07. The van der Waals surface area contributed by atoms with Crippen molar-refractivity contribution in [2.75, 3.05) is 6.61 Å². The molecule has 2 aromatic carbocycles. The first kappa shape index (κ1) is 18.0.